The Bertz CT molecular complexity index is 1170. The van der Waals surface area contributed by atoms with Gasteiger partial charge < -0.3 is 10.1 Å². The summed E-state index contributed by atoms with van der Waals surface area (Å²) in [6.07, 6.45) is 0.792. The van der Waals surface area contributed by atoms with E-state index in [2.05, 4.69) is 5.32 Å². The topological polar surface area (TPSA) is 162 Å². The Balaban J connectivity index is 1.99. The van der Waals surface area contributed by atoms with Gasteiger partial charge in [0.2, 0.25) is 0 Å². The summed E-state index contributed by atoms with van der Waals surface area (Å²) in [5, 5.41) is 15.6. The zero-order valence-corrected chi connectivity index (χ0v) is 17.6. The fourth-order valence-corrected chi connectivity index (χ4v) is 3.41. The number of carbonyl (C=O) groups excluding carboxylic acids is 3. The predicted octanol–water partition coefficient (Wildman–Crippen LogP) is 2.12. The second-order valence-corrected chi connectivity index (χ2v) is 8.59. The van der Waals surface area contributed by atoms with E-state index in [0.29, 0.717) is 5.69 Å². The summed E-state index contributed by atoms with van der Waals surface area (Å²) in [6.45, 7) is 2.83. The summed E-state index contributed by atoms with van der Waals surface area (Å²) in [5.41, 5.74) is 1.15. The van der Waals surface area contributed by atoms with Gasteiger partial charge >= 0.3 is 12.0 Å². The zero-order valence-electron chi connectivity index (χ0n) is 16.8. The maximum absolute atomic E-state index is 12.1. The lowest BCUT2D eigenvalue weighted by atomic mass is 10.1. The van der Waals surface area contributed by atoms with Gasteiger partial charge in [0.25, 0.3) is 11.6 Å². The first-order valence-electron chi connectivity index (χ1n) is 8.72. The van der Waals surface area contributed by atoms with E-state index < -0.39 is 49.9 Å². The van der Waals surface area contributed by atoms with Gasteiger partial charge in [-0.1, -0.05) is 17.7 Å². The molecule has 0 aromatic heterocycles. The molecule has 2 rings (SSSR count). The van der Waals surface area contributed by atoms with Crippen molar-refractivity contribution in [2.45, 2.75) is 18.7 Å². The number of carbonyl (C=O) groups is 3. The molecule has 0 saturated heterocycles. The SMILES string of the molecule is Cc1ccc(NC(=O)NC(=O)COC(=O)c2ccc(S(C)(=O)=O)c([N+](=O)[O-])c2)c(C)c1. The van der Waals surface area contributed by atoms with Gasteiger partial charge in [0, 0.05) is 18.0 Å². The van der Waals surface area contributed by atoms with Crippen LogP contribution in [0.25, 0.3) is 0 Å². The third kappa shape index (κ3) is 6.34. The second kappa shape index (κ2) is 9.34. The minimum absolute atomic E-state index is 0.327. The molecular formula is C19H19N3O8S. The lowest BCUT2D eigenvalue weighted by Crippen LogP contribution is -2.37. The highest BCUT2D eigenvalue weighted by Crippen LogP contribution is 2.25. The standard InChI is InChI=1S/C19H19N3O8S/c1-11-4-6-14(12(2)8-11)20-19(25)21-17(23)10-30-18(24)13-5-7-16(31(3,28)29)15(9-13)22(26)27/h4-9H,10H2,1-3H3,(H2,20,21,23,25). The highest BCUT2D eigenvalue weighted by Gasteiger charge is 2.24. The number of nitro benzene ring substituents is 1. The summed E-state index contributed by atoms with van der Waals surface area (Å²) in [4.78, 5) is 45.4. The number of esters is 1. The number of urea groups is 1. The Kier molecular flexibility index (Phi) is 7.08. The van der Waals surface area contributed by atoms with Crippen LogP contribution in [0.2, 0.25) is 0 Å². The maximum atomic E-state index is 12.1. The smallest absolute Gasteiger partial charge is 0.338 e. The number of rotatable bonds is 6. The molecule has 2 aromatic carbocycles. The van der Waals surface area contributed by atoms with Gasteiger partial charge in [-0.2, -0.15) is 0 Å². The van der Waals surface area contributed by atoms with Crippen molar-refractivity contribution >= 4 is 39.1 Å². The Hall–Kier alpha value is -3.80. The quantitative estimate of drug-likeness (QED) is 0.385. The molecule has 3 amide bonds. The van der Waals surface area contributed by atoms with Crippen molar-refractivity contribution < 1.29 is 32.5 Å². The zero-order chi connectivity index (χ0) is 23.3. The summed E-state index contributed by atoms with van der Waals surface area (Å²) < 4.78 is 28.0. The molecule has 0 heterocycles. The number of aryl methyl sites for hydroxylation is 2. The number of imide groups is 1. The molecule has 0 aliphatic rings. The molecule has 0 fully saturated rings. The van der Waals surface area contributed by atoms with Crippen LogP contribution in [0, 0.1) is 24.0 Å². The molecule has 0 radical (unpaired) electrons. The second-order valence-electron chi connectivity index (χ2n) is 6.61. The third-order valence-corrected chi connectivity index (χ3v) is 5.15. The average molecular weight is 449 g/mol. The largest absolute Gasteiger partial charge is 0.452 e. The molecule has 2 aromatic rings. The van der Waals surface area contributed by atoms with Crippen LogP contribution in [0.5, 0.6) is 0 Å². The van der Waals surface area contributed by atoms with Crippen LogP contribution in [-0.4, -0.2) is 44.1 Å². The molecule has 0 aliphatic heterocycles. The molecule has 0 spiro atoms. The summed E-state index contributed by atoms with van der Waals surface area (Å²) in [5.74, 6) is -2.04. The molecule has 164 valence electrons. The number of nitrogens with zero attached hydrogens (tertiary/aromatic N) is 1. The van der Waals surface area contributed by atoms with Crippen LogP contribution in [0.3, 0.4) is 0 Å². The number of nitro groups is 1. The van der Waals surface area contributed by atoms with Crippen molar-refractivity contribution in [3.05, 3.63) is 63.2 Å². The predicted molar refractivity (Wildman–Crippen MR) is 110 cm³/mol. The molecule has 2 N–H and O–H groups in total. The lowest BCUT2D eigenvalue weighted by molar-refractivity contribution is -0.387. The Morgan fingerprint density at radius 1 is 1.10 bits per heavy atom. The molecule has 0 bridgehead atoms. The van der Waals surface area contributed by atoms with Crippen molar-refractivity contribution in [3.63, 3.8) is 0 Å². The molecule has 12 heteroatoms. The number of hydrogen-bond acceptors (Lipinski definition) is 8. The first-order valence-corrected chi connectivity index (χ1v) is 10.6. The Morgan fingerprint density at radius 2 is 1.77 bits per heavy atom. The van der Waals surface area contributed by atoms with Crippen LogP contribution in [0.1, 0.15) is 21.5 Å². The minimum atomic E-state index is -3.89. The minimum Gasteiger partial charge on any atom is -0.452 e. The van der Waals surface area contributed by atoms with Gasteiger partial charge in [0.05, 0.1) is 10.5 Å². The van der Waals surface area contributed by atoms with E-state index >= 15 is 0 Å². The number of benzene rings is 2. The van der Waals surface area contributed by atoms with Gasteiger partial charge in [-0.15, -0.1) is 0 Å². The summed E-state index contributed by atoms with van der Waals surface area (Å²) >= 11 is 0. The Labute approximate surface area is 177 Å². The van der Waals surface area contributed by atoms with Crippen molar-refractivity contribution in [2.24, 2.45) is 0 Å². The molecule has 11 nitrogen and oxygen atoms in total. The lowest BCUT2D eigenvalue weighted by Gasteiger charge is -2.10. The van der Waals surface area contributed by atoms with Gasteiger partial charge in [-0.25, -0.2) is 18.0 Å². The van der Waals surface area contributed by atoms with E-state index in [4.69, 9.17) is 4.74 Å². The monoisotopic (exact) mass is 449 g/mol. The van der Waals surface area contributed by atoms with E-state index in [1.54, 1.807) is 19.1 Å². The van der Waals surface area contributed by atoms with Crippen molar-refractivity contribution in [3.8, 4) is 0 Å². The number of sulfone groups is 1. The van der Waals surface area contributed by atoms with Crippen LogP contribution in [0.15, 0.2) is 41.3 Å². The van der Waals surface area contributed by atoms with E-state index in [1.165, 1.54) is 0 Å². The molecule has 0 saturated carbocycles. The first-order chi connectivity index (χ1) is 14.4. The summed E-state index contributed by atoms with van der Waals surface area (Å²) in [7, 11) is -3.89. The van der Waals surface area contributed by atoms with Crippen LogP contribution < -0.4 is 10.6 Å². The van der Waals surface area contributed by atoms with Crippen molar-refractivity contribution in [1.82, 2.24) is 5.32 Å². The van der Waals surface area contributed by atoms with E-state index in [0.717, 1.165) is 35.6 Å². The number of nitrogens with one attached hydrogen (secondary N) is 2. The number of hydrogen-bond donors (Lipinski definition) is 2. The number of anilines is 1. The fourth-order valence-electron chi connectivity index (χ4n) is 2.59. The van der Waals surface area contributed by atoms with Gasteiger partial charge in [0.1, 0.15) is 4.90 Å². The molecule has 0 atom stereocenters. The molecule has 31 heavy (non-hydrogen) atoms. The average Bonchev–Trinajstić information content (AvgIpc) is 2.67. The van der Waals surface area contributed by atoms with Crippen LogP contribution >= 0.6 is 0 Å². The third-order valence-electron chi connectivity index (χ3n) is 4.01. The molecular weight excluding hydrogens is 430 g/mol. The van der Waals surface area contributed by atoms with Gasteiger partial charge in [-0.05, 0) is 37.6 Å². The molecule has 0 aliphatic carbocycles. The maximum Gasteiger partial charge on any atom is 0.338 e. The van der Waals surface area contributed by atoms with Crippen molar-refractivity contribution in [2.75, 3.05) is 18.2 Å². The van der Waals surface area contributed by atoms with E-state index in [1.807, 2.05) is 18.3 Å². The Morgan fingerprint density at radius 3 is 2.35 bits per heavy atom. The normalized spacial score (nSPS) is 10.8. The highest BCUT2D eigenvalue weighted by molar-refractivity contribution is 7.90. The first kappa shape index (κ1) is 23.5. The van der Waals surface area contributed by atoms with Crippen LogP contribution in [-0.2, 0) is 19.4 Å². The van der Waals surface area contributed by atoms with Gasteiger partial charge in [0.15, 0.2) is 16.4 Å². The molecule has 0 unspecified atom stereocenters. The number of amides is 3. The van der Waals surface area contributed by atoms with E-state index in [-0.39, 0.29) is 5.56 Å². The fraction of sp³-hybridized carbons (Fsp3) is 0.211. The summed E-state index contributed by atoms with van der Waals surface area (Å²) in [6, 6.07) is 7.12. The number of ether oxygens (including phenoxy) is 1. The van der Waals surface area contributed by atoms with Crippen LogP contribution in [0.4, 0.5) is 16.2 Å². The van der Waals surface area contributed by atoms with Crippen molar-refractivity contribution in [1.29, 1.82) is 0 Å². The van der Waals surface area contributed by atoms with E-state index in [9.17, 15) is 32.9 Å². The highest BCUT2D eigenvalue weighted by atomic mass is 32.2. The van der Waals surface area contributed by atoms with Gasteiger partial charge in [-0.3, -0.25) is 20.2 Å².